The number of aryl methyl sites for hydroxylation is 1. The summed E-state index contributed by atoms with van der Waals surface area (Å²) in [5.41, 5.74) is 4.74. The van der Waals surface area contributed by atoms with Gasteiger partial charge in [0.25, 0.3) is 0 Å². The van der Waals surface area contributed by atoms with E-state index in [-0.39, 0.29) is 11.9 Å². The smallest absolute Gasteiger partial charge is 0.123 e. The number of imidazole rings is 1. The summed E-state index contributed by atoms with van der Waals surface area (Å²) >= 11 is 0. The molecule has 1 N–H and O–H groups in total. The molecule has 5 rings (SSSR count). The van der Waals surface area contributed by atoms with E-state index in [1.165, 1.54) is 12.1 Å². The minimum atomic E-state index is -0.260. The van der Waals surface area contributed by atoms with E-state index in [0.29, 0.717) is 19.9 Å². The summed E-state index contributed by atoms with van der Waals surface area (Å²) in [5.74, 6) is 1.70. The van der Waals surface area contributed by atoms with Crippen LogP contribution in [0.2, 0.25) is 0 Å². The van der Waals surface area contributed by atoms with E-state index in [0.717, 1.165) is 72.3 Å². The summed E-state index contributed by atoms with van der Waals surface area (Å²) in [6, 6.07) is 17.1. The fraction of sp³-hybridized carbons (Fsp3) is 0.400. The second-order valence-electron chi connectivity index (χ2n) is 9.82. The highest BCUT2D eigenvalue weighted by molar-refractivity contribution is 5.77. The first-order valence-corrected chi connectivity index (χ1v) is 13.6. The number of fused-ring (bicyclic) bond motifs is 1. The van der Waals surface area contributed by atoms with Crippen LogP contribution in [-0.2, 0) is 24.4 Å². The quantitative estimate of drug-likeness (QED) is 0.268. The molecule has 0 bridgehead atoms. The van der Waals surface area contributed by atoms with Gasteiger partial charge in [0, 0.05) is 56.5 Å². The lowest BCUT2D eigenvalue weighted by Crippen LogP contribution is -2.32. The summed E-state index contributed by atoms with van der Waals surface area (Å²) in [5, 5.41) is 8.00. The van der Waals surface area contributed by atoms with Gasteiger partial charge in [-0.1, -0.05) is 18.2 Å². The number of benzene rings is 2. The van der Waals surface area contributed by atoms with Crippen LogP contribution in [0.4, 0.5) is 4.39 Å². The molecule has 9 heteroatoms. The average Bonchev–Trinajstić information content (AvgIpc) is 3.65. The molecule has 0 saturated heterocycles. The van der Waals surface area contributed by atoms with Crippen LogP contribution in [0.3, 0.4) is 0 Å². The van der Waals surface area contributed by atoms with E-state index in [1.807, 2.05) is 43.0 Å². The predicted molar refractivity (Wildman–Crippen MR) is 150 cm³/mol. The molecule has 1 unspecified atom stereocenters. The zero-order valence-corrected chi connectivity index (χ0v) is 22.9. The lowest BCUT2D eigenvalue weighted by Gasteiger charge is -2.28. The molecule has 1 aliphatic heterocycles. The number of methoxy groups -OCH3 is 1. The van der Waals surface area contributed by atoms with Gasteiger partial charge < -0.3 is 19.4 Å². The summed E-state index contributed by atoms with van der Waals surface area (Å²) in [4.78, 5) is 7.51. The Bertz CT molecular complexity index is 1370. The highest BCUT2D eigenvalue weighted by Gasteiger charge is 2.32. The third kappa shape index (κ3) is 6.06. The minimum absolute atomic E-state index is 0.210. The van der Waals surface area contributed by atoms with Crippen LogP contribution >= 0.6 is 0 Å². The Labute approximate surface area is 229 Å². The number of aromatic nitrogens is 4. The van der Waals surface area contributed by atoms with Gasteiger partial charge in [-0.3, -0.25) is 9.58 Å². The lowest BCUT2D eigenvalue weighted by molar-refractivity contribution is 0.133. The van der Waals surface area contributed by atoms with Gasteiger partial charge in [0.05, 0.1) is 31.3 Å². The van der Waals surface area contributed by atoms with Gasteiger partial charge in [-0.05, 0) is 56.8 Å². The van der Waals surface area contributed by atoms with Gasteiger partial charge in [-0.25, -0.2) is 9.37 Å². The number of nitrogens with zero attached hydrogens (tertiary/aromatic N) is 5. The second-order valence-corrected chi connectivity index (χ2v) is 9.82. The van der Waals surface area contributed by atoms with Crippen LogP contribution in [0.25, 0.3) is 22.6 Å². The Morgan fingerprint density at radius 2 is 1.95 bits per heavy atom. The Balaban J connectivity index is 1.50. The molecule has 0 aliphatic carbocycles. The number of nitrogens with one attached hydrogen (secondary N) is 1. The molecule has 0 saturated carbocycles. The van der Waals surface area contributed by atoms with Gasteiger partial charge >= 0.3 is 0 Å². The highest BCUT2D eigenvalue weighted by Crippen LogP contribution is 2.39. The van der Waals surface area contributed by atoms with Crippen LogP contribution in [0.15, 0.2) is 60.8 Å². The van der Waals surface area contributed by atoms with Gasteiger partial charge in [0.15, 0.2) is 0 Å². The van der Waals surface area contributed by atoms with E-state index < -0.39 is 0 Å². The van der Waals surface area contributed by atoms with Crippen molar-refractivity contribution < 1.29 is 13.9 Å². The van der Waals surface area contributed by atoms with Gasteiger partial charge in [-0.2, -0.15) is 5.10 Å². The van der Waals surface area contributed by atoms with Crippen molar-refractivity contribution in [1.82, 2.24) is 29.5 Å². The van der Waals surface area contributed by atoms with Gasteiger partial charge in [-0.15, -0.1) is 0 Å². The van der Waals surface area contributed by atoms with Crippen molar-refractivity contribution in [2.45, 2.75) is 39.0 Å². The van der Waals surface area contributed by atoms with Crippen molar-refractivity contribution in [3.05, 3.63) is 78.0 Å². The van der Waals surface area contributed by atoms with Crippen molar-refractivity contribution >= 4 is 0 Å². The Morgan fingerprint density at radius 1 is 1.13 bits per heavy atom. The van der Waals surface area contributed by atoms with Gasteiger partial charge in [0.2, 0.25) is 0 Å². The maximum Gasteiger partial charge on any atom is 0.123 e. The number of para-hydroxylation sites is 1. The normalized spacial score (nSPS) is 14.7. The minimum Gasteiger partial charge on any atom is -0.494 e. The van der Waals surface area contributed by atoms with Crippen LogP contribution in [0.1, 0.15) is 30.8 Å². The highest BCUT2D eigenvalue weighted by atomic mass is 19.1. The zero-order valence-electron chi connectivity index (χ0n) is 22.9. The van der Waals surface area contributed by atoms with Crippen LogP contribution in [0.5, 0.6) is 5.75 Å². The van der Waals surface area contributed by atoms with Crippen LogP contribution in [-0.4, -0.2) is 64.7 Å². The molecule has 0 amide bonds. The molecule has 2 aromatic carbocycles. The standard InChI is InChI=1S/C30H37FN6O2/c1-4-39-27-8-6-5-7-23(27)19-35(17-18-38-3)20-25-13-14-28-33-29(22-9-11-24(31)12-10-22)30(37(25)28)26-15-16-36(34-26)21-32-2/h5-12,15-16,25,32H,4,13-14,17-21H2,1-3H3. The van der Waals surface area contributed by atoms with Crippen LogP contribution in [0, 0.1) is 5.82 Å². The van der Waals surface area contributed by atoms with Crippen molar-refractivity contribution in [3.63, 3.8) is 0 Å². The maximum atomic E-state index is 13.8. The number of hydrogen-bond donors (Lipinski definition) is 1. The van der Waals surface area contributed by atoms with Crippen LogP contribution < -0.4 is 10.1 Å². The molecule has 1 aliphatic rings. The monoisotopic (exact) mass is 532 g/mol. The predicted octanol–water partition coefficient (Wildman–Crippen LogP) is 4.76. The first-order valence-electron chi connectivity index (χ1n) is 13.6. The molecule has 0 spiro atoms. The molecular weight excluding hydrogens is 495 g/mol. The molecule has 2 aromatic heterocycles. The van der Waals surface area contributed by atoms with Crippen molar-refractivity contribution in [3.8, 4) is 28.4 Å². The molecule has 0 radical (unpaired) electrons. The summed E-state index contributed by atoms with van der Waals surface area (Å²) in [7, 11) is 3.64. The fourth-order valence-corrected chi connectivity index (χ4v) is 5.36. The number of hydrogen-bond acceptors (Lipinski definition) is 6. The van der Waals surface area contributed by atoms with E-state index in [2.05, 4.69) is 26.9 Å². The van der Waals surface area contributed by atoms with Gasteiger partial charge in [0.1, 0.15) is 23.1 Å². The van der Waals surface area contributed by atoms with Crippen molar-refractivity contribution in [2.24, 2.45) is 0 Å². The topological polar surface area (TPSA) is 69.4 Å². The summed E-state index contributed by atoms with van der Waals surface area (Å²) in [6.07, 6.45) is 3.84. The second kappa shape index (κ2) is 12.5. The number of halogens is 1. The van der Waals surface area contributed by atoms with E-state index in [1.54, 1.807) is 19.2 Å². The molecule has 1 atom stereocenters. The first kappa shape index (κ1) is 27.1. The molecule has 4 aromatic rings. The molecule has 8 nitrogen and oxygen atoms in total. The Morgan fingerprint density at radius 3 is 2.72 bits per heavy atom. The summed E-state index contributed by atoms with van der Waals surface area (Å²) < 4.78 is 29.4. The van der Waals surface area contributed by atoms with E-state index in [4.69, 9.17) is 19.6 Å². The number of ether oxygens (including phenoxy) is 2. The zero-order chi connectivity index (χ0) is 27.2. The van der Waals surface area contributed by atoms with Crippen molar-refractivity contribution in [1.29, 1.82) is 0 Å². The average molecular weight is 533 g/mol. The third-order valence-corrected chi connectivity index (χ3v) is 7.12. The van der Waals surface area contributed by atoms with E-state index >= 15 is 0 Å². The molecule has 39 heavy (non-hydrogen) atoms. The number of rotatable bonds is 13. The Hall–Kier alpha value is -3.53. The molecular formula is C30H37FN6O2. The Kier molecular flexibility index (Phi) is 8.71. The summed E-state index contributed by atoms with van der Waals surface area (Å²) in [6.45, 7) is 6.29. The SMILES string of the molecule is CCOc1ccccc1CN(CCOC)CC1CCc2nc(-c3ccc(F)cc3)c(-c3ccn(CNC)n3)n21. The molecule has 3 heterocycles. The largest absolute Gasteiger partial charge is 0.494 e. The fourth-order valence-electron chi connectivity index (χ4n) is 5.36. The lowest BCUT2D eigenvalue weighted by atomic mass is 10.1. The van der Waals surface area contributed by atoms with E-state index in [9.17, 15) is 4.39 Å². The maximum absolute atomic E-state index is 13.8. The molecule has 206 valence electrons. The third-order valence-electron chi connectivity index (χ3n) is 7.12. The first-order chi connectivity index (χ1) is 19.1. The van der Waals surface area contributed by atoms with Crippen molar-refractivity contribution in [2.75, 3.05) is 40.5 Å². The molecule has 0 fully saturated rings.